The number of aliphatic hydroxyl groups excluding tert-OH is 1. The van der Waals surface area contributed by atoms with Crippen molar-refractivity contribution in [2.75, 3.05) is 5.73 Å². The van der Waals surface area contributed by atoms with E-state index in [0.29, 0.717) is 23.3 Å². The maximum Gasteiger partial charge on any atom is 0.140 e. The van der Waals surface area contributed by atoms with Gasteiger partial charge in [-0.15, -0.1) is 0 Å². The van der Waals surface area contributed by atoms with Crippen LogP contribution in [-0.2, 0) is 5.41 Å². The highest BCUT2D eigenvalue weighted by atomic mass is 16.3. The van der Waals surface area contributed by atoms with Gasteiger partial charge in [0.05, 0.1) is 22.8 Å². The molecule has 0 radical (unpaired) electrons. The van der Waals surface area contributed by atoms with Crippen LogP contribution in [0.3, 0.4) is 0 Å². The van der Waals surface area contributed by atoms with Crippen LogP contribution in [0.5, 0.6) is 0 Å². The van der Waals surface area contributed by atoms with Crippen molar-refractivity contribution in [2.45, 2.75) is 51.5 Å². The standard InChI is InChI=1S/C22H27N3O/c1-12-17(23)9-10-18(24-12)20-21(26)19(25-20)16-11-15(16)13-5-7-14(8-6-13)22(2,3)4/h5-10,15-16,20,25-26H,11,23H2,1-4H3. The molecule has 0 spiro atoms. The molecule has 1 aliphatic carbocycles. The van der Waals surface area contributed by atoms with Crippen molar-refractivity contribution in [3.8, 4) is 0 Å². The van der Waals surface area contributed by atoms with E-state index in [1.54, 1.807) is 0 Å². The van der Waals surface area contributed by atoms with E-state index in [9.17, 15) is 5.11 Å². The summed E-state index contributed by atoms with van der Waals surface area (Å²) in [5.74, 6) is 1.32. The van der Waals surface area contributed by atoms with Gasteiger partial charge >= 0.3 is 0 Å². The Bertz CT molecular complexity index is 877. The summed E-state index contributed by atoms with van der Waals surface area (Å²) < 4.78 is 0. The fourth-order valence-corrected chi connectivity index (χ4v) is 3.75. The van der Waals surface area contributed by atoms with Crippen molar-refractivity contribution >= 4 is 5.69 Å². The molecule has 4 heteroatoms. The van der Waals surface area contributed by atoms with E-state index in [0.717, 1.165) is 23.5 Å². The second-order valence-corrected chi connectivity index (χ2v) is 8.61. The first-order chi connectivity index (χ1) is 12.3. The van der Waals surface area contributed by atoms with E-state index in [4.69, 9.17) is 5.73 Å². The highest BCUT2D eigenvalue weighted by molar-refractivity contribution is 5.46. The van der Waals surface area contributed by atoms with Gasteiger partial charge in [-0.05, 0) is 47.9 Å². The Kier molecular flexibility index (Phi) is 3.76. The number of rotatable bonds is 3. The fraction of sp³-hybridized carbons (Fsp3) is 0.409. The second kappa shape index (κ2) is 5.76. The minimum absolute atomic E-state index is 0.176. The summed E-state index contributed by atoms with van der Waals surface area (Å²) in [4.78, 5) is 4.49. The van der Waals surface area contributed by atoms with Crippen LogP contribution in [0.15, 0.2) is 47.9 Å². The lowest BCUT2D eigenvalue weighted by Gasteiger charge is -2.32. The molecule has 0 amide bonds. The van der Waals surface area contributed by atoms with Gasteiger partial charge in [0.1, 0.15) is 11.8 Å². The summed E-state index contributed by atoms with van der Waals surface area (Å²) in [7, 11) is 0. The molecule has 0 saturated heterocycles. The molecular formula is C22H27N3O. The maximum atomic E-state index is 10.6. The average Bonchev–Trinajstić information content (AvgIpc) is 3.36. The quantitative estimate of drug-likeness (QED) is 0.763. The molecule has 136 valence electrons. The molecule has 4 rings (SSSR count). The zero-order chi connectivity index (χ0) is 18.6. The molecule has 4 nitrogen and oxygen atoms in total. The SMILES string of the molecule is Cc1nc(C2NC(C3CC3c3ccc(C(C)(C)C)cc3)=C2O)ccc1N. The van der Waals surface area contributed by atoms with Crippen molar-refractivity contribution < 1.29 is 5.11 Å². The van der Waals surface area contributed by atoms with Crippen LogP contribution < -0.4 is 11.1 Å². The summed E-state index contributed by atoms with van der Waals surface area (Å²) in [5, 5.41) is 14.0. The number of anilines is 1. The number of nitrogens with one attached hydrogen (secondary N) is 1. The van der Waals surface area contributed by atoms with Crippen molar-refractivity contribution in [3.63, 3.8) is 0 Å². The lowest BCUT2D eigenvalue weighted by molar-refractivity contribution is 0.285. The van der Waals surface area contributed by atoms with Crippen molar-refractivity contribution in [3.05, 3.63) is 70.4 Å². The minimum atomic E-state index is -0.200. The zero-order valence-electron chi connectivity index (χ0n) is 15.9. The van der Waals surface area contributed by atoms with Gasteiger partial charge in [-0.3, -0.25) is 4.98 Å². The maximum absolute atomic E-state index is 10.6. The number of pyridine rings is 1. The highest BCUT2D eigenvalue weighted by Gasteiger charge is 2.48. The topological polar surface area (TPSA) is 71.2 Å². The summed E-state index contributed by atoms with van der Waals surface area (Å²) in [6.45, 7) is 8.58. The molecule has 1 aromatic heterocycles. The Morgan fingerprint density at radius 1 is 1.08 bits per heavy atom. The molecule has 3 atom stereocenters. The zero-order valence-corrected chi connectivity index (χ0v) is 15.9. The van der Waals surface area contributed by atoms with E-state index in [1.807, 2.05) is 19.1 Å². The third-order valence-corrected chi connectivity index (χ3v) is 5.66. The summed E-state index contributed by atoms with van der Waals surface area (Å²) in [6, 6.07) is 12.5. The van der Waals surface area contributed by atoms with Crippen LogP contribution in [0.25, 0.3) is 0 Å². The smallest absolute Gasteiger partial charge is 0.140 e. The third kappa shape index (κ3) is 2.83. The summed E-state index contributed by atoms with van der Waals surface area (Å²) in [5.41, 5.74) is 12.0. The van der Waals surface area contributed by atoms with Gasteiger partial charge in [-0.2, -0.15) is 0 Å². The number of hydrogen-bond donors (Lipinski definition) is 3. The van der Waals surface area contributed by atoms with Crippen LogP contribution >= 0.6 is 0 Å². The number of allylic oxidation sites excluding steroid dienone is 1. The van der Waals surface area contributed by atoms with Gasteiger partial charge in [0.25, 0.3) is 0 Å². The Morgan fingerprint density at radius 2 is 1.77 bits per heavy atom. The summed E-state index contributed by atoms with van der Waals surface area (Å²) in [6.07, 6.45) is 1.09. The molecule has 1 saturated carbocycles. The average molecular weight is 349 g/mol. The molecule has 2 aliphatic rings. The molecule has 2 heterocycles. The lowest BCUT2D eigenvalue weighted by atomic mass is 9.86. The predicted molar refractivity (Wildman–Crippen MR) is 105 cm³/mol. The molecule has 3 unspecified atom stereocenters. The number of nitrogens with two attached hydrogens (primary N) is 1. The van der Waals surface area contributed by atoms with Crippen LogP contribution in [0.2, 0.25) is 0 Å². The second-order valence-electron chi connectivity index (χ2n) is 8.61. The number of nitrogen functional groups attached to an aromatic ring is 1. The van der Waals surface area contributed by atoms with Crippen molar-refractivity contribution in [1.82, 2.24) is 10.3 Å². The monoisotopic (exact) mass is 349 g/mol. The van der Waals surface area contributed by atoms with Gasteiger partial charge in [-0.1, -0.05) is 45.0 Å². The predicted octanol–water partition coefficient (Wildman–Crippen LogP) is 4.49. The van der Waals surface area contributed by atoms with Gasteiger partial charge in [-0.25, -0.2) is 0 Å². The first kappa shape index (κ1) is 17.0. The van der Waals surface area contributed by atoms with E-state index in [1.165, 1.54) is 11.1 Å². The van der Waals surface area contributed by atoms with Crippen molar-refractivity contribution in [2.24, 2.45) is 5.92 Å². The number of aliphatic hydroxyl groups is 1. The number of hydrogen-bond acceptors (Lipinski definition) is 4. The van der Waals surface area contributed by atoms with Crippen LogP contribution in [0.1, 0.15) is 61.7 Å². The molecule has 26 heavy (non-hydrogen) atoms. The Balaban J connectivity index is 1.47. The van der Waals surface area contributed by atoms with Gasteiger partial charge in [0, 0.05) is 5.92 Å². The number of nitrogens with zero attached hydrogens (tertiary/aromatic N) is 1. The van der Waals surface area contributed by atoms with Crippen LogP contribution in [0.4, 0.5) is 5.69 Å². The minimum Gasteiger partial charge on any atom is -0.508 e. The van der Waals surface area contributed by atoms with E-state index in [2.05, 4.69) is 55.3 Å². The molecule has 4 N–H and O–H groups in total. The number of aromatic nitrogens is 1. The van der Waals surface area contributed by atoms with Gasteiger partial charge in [0.2, 0.25) is 0 Å². The van der Waals surface area contributed by atoms with Crippen LogP contribution in [0, 0.1) is 12.8 Å². The van der Waals surface area contributed by atoms with E-state index < -0.39 is 0 Å². The summed E-state index contributed by atoms with van der Waals surface area (Å²) >= 11 is 0. The van der Waals surface area contributed by atoms with Crippen LogP contribution in [-0.4, -0.2) is 10.1 Å². The van der Waals surface area contributed by atoms with Crippen molar-refractivity contribution in [1.29, 1.82) is 0 Å². The molecule has 1 aromatic carbocycles. The Hall–Kier alpha value is -2.49. The van der Waals surface area contributed by atoms with E-state index in [-0.39, 0.29) is 11.5 Å². The Morgan fingerprint density at radius 3 is 2.35 bits per heavy atom. The molecule has 1 fully saturated rings. The highest BCUT2D eigenvalue weighted by Crippen LogP contribution is 2.55. The normalized spacial score (nSPS) is 24.8. The molecule has 0 bridgehead atoms. The Labute approximate surface area is 155 Å². The number of benzene rings is 1. The van der Waals surface area contributed by atoms with E-state index >= 15 is 0 Å². The largest absolute Gasteiger partial charge is 0.508 e. The molecule has 2 aromatic rings. The lowest BCUT2D eigenvalue weighted by Crippen LogP contribution is -2.36. The first-order valence-electron chi connectivity index (χ1n) is 9.28. The number of aryl methyl sites for hydroxylation is 1. The van der Waals surface area contributed by atoms with Gasteiger partial charge < -0.3 is 16.2 Å². The molecule has 1 aliphatic heterocycles. The molecular weight excluding hydrogens is 322 g/mol. The van der Waals surface area contributed by atoms with Gasteiger partial charge in [0.15, 0.2) is 0 Å². The fourth-order valence-electron chi connectivity index (χ4n) is 3.75. The third-order valence-electron chi connectivity index (χ3n) is 5.66. The first-order valence-corrected chi connectivity index (χ1v) is 9.28.